The summed E-state index contributed by atoms with van der Waals surface area (Å²) in [5.74, 6) is -0.513. The maximum absolute atomic E-state index is 11.8. The van der Waals surface area contributed by atoms with Gasteiger partial charge in [-0.25, -0.2) is 0 Å². The molecule has 1 aromatic rings. The quantitative estimate of drug-likeness (QED) is 0.600. The van der Waals surface area contributed by atoms with Gasteiger partial charge in [0.05, 0.1) is 5.56 Å². The van der Waals surface area contributed by atoms with Gasteiger partial charge in [-0.15, -0.1) is 0 Å². The molecule has 0 bridgehead atoms. The van der Waals surface area contributed by atoms with Gasteiger partial charge in [0.1, 0.15) is 11.5 Å². The van der Waals surface area contributed by atoms with Crippen LogP contribution in [-0.2, 0) is 0 Å². The zero-order chi connectivity index (χ0) is 13.0. The number of carbonyl (C=O) groups is 1. The van der Waals surface area contributed by atoms with Crippen molar-refractivity contribution in [2.24, 2.45) is 0 Å². The largest absolute Gasteiger partial charge is 0.508 e. The molecule has 0 spiro atoms. The molecule has 5 nitrogen and oxygen atoms in total. The first-order valence-electron chi connectivity index (χ1n) is 6.20. The number of phenols is 2. The fourth-order valence-electron chi connectivity index (χ4n) is 2.16. The highest BCUT2D eigenvalue weighted by Gasteiger charge is 2.15. The van der Waals surface area contributed by atoms with Crippen LogP contribution in [0.2, 0.25) is 0 Å². The molecule has 1 aliphatic rings. The molecule has 2 rings (SSSR count). The normalized spacial score (nSPS) is 18.8. The molecular weight excluding hydrogens is 232 g/mol. The summed E-state index contributed by atoms with van der Waals surface area (Å²) in [6, 6.07) is 4.39. The minimum Gasteiger partial charge on any atom is -0.508 e. The van der Waals surface area contributed by atoms with E-state index in [9.17, 15) is 15.0 Å². The summed E-state index contributed by atoms with van der Waals surface area (Å²) in [6.07, 6.45) is 3.21. The summed E-state index contributed by atoms with van der Waals surface area (Å²) in [6.45, 7) is 1.61. The molecule has 1 aliphatic heterocycles. The summed E-state index contributed by atoms with van der Waals surface area (Å²) in [4.78, 5) is 11.8. The van der Waals surface area contributed by atoms with Crippen LogP contribution in [0, 0.1) is 0 Å². The number of aromatic hydroxyl groups is 2. The number of amides is 1. The molecular formula is C13H18N2O3. The number of nitrogens with one attached hydrogen (secondary N) is 2. The van der Waals surface area contributed by atoms with Crippen molar-refractivity contribution in [2.75, 3.05) is 13.1 Å². The number of phenolic OH excluding ortho intramolecular Hbond substituents is 2. The van der Waals surface area contributed by atoms with Crippen molar-refractivity contribution < 1.29 is 15.0 Å². The van der Waals surface area contributed by atoms with E-state index in [1.54, 1.807) is 0 Å². The molecule has 5 heteroatoms. The first kappa shape index (κ1) is 12.7. The van der Waals surface area contributed by atoms with Gasteiger partial charge >= 0.3 is 0 Å². The maximum Gasteiger partial charge on any atom is 0.255 e. The summed E-state index contributed by atoms with van der Waals surface area (Å²) < 4.78 is 0. The predicted octanol–water partition coefficient (Wildman–Crippen LogP) is 0.970. The van der Waals surface area contributed by atoms with Gasteiger partial charge in [-0.3, -0.25) is 4.79 Å². The molecule has 1 fully saturated rings. The van der Waals surface area contributed by atoms with E-state index in [0.717, 1.165) is 19.4 Å². The Balaban J connectivity index is 1.85. The molecule has 0 saturated carbocycles. The lowest BCUT2D eigenvalue weighted by Crippen LogP contribution is -2.30. The summed E-state index contributed by atoms with van der Waals surface area (Å²) in [5.41, 5.74) is 0.106. The molecule has 0 aromatic heterocycles. The van der Waals surface area contributed by atoms with Gasteiger partial charge in [0.15, 0.2) is 0 Å². The van der Waals surface area contributed by atoms with Crippen molar-refractivity contribution in [3.8, 4) is 11.5 Å². The first-order chi connectivity index (χ1) is 8.66. The fraction of sp³-hybridized carbons (Fsp3) is 0.462. The lowest BCUT2D eigenvalue weighted by atomic mass is 10.1. The Kier molecular flexibility index (Phi) is 4.04. The summed E-state index contributed by atoms with van der Waals surface area (Å²) in [7, 11) is 0. The second-order valence-corrected chi connectivity index (χ2v) is 4.54. The van der Waals surface area contributed by atoms with Crippen LogP contribution in [0.3, 0.4) is 0 Å². The van der Waals surface area contributed by atoms with Crippen molar-refractivity contribution in [1.29, 1.82) is 0 Å². The van der Waals surface area contributed by atoms with E-state index in [1.807, 2.05) is 0 Å². The van der Waals surface area contributed by atoms with E-state index < -0.39 is 0 Å². The van der Waals surface area contributed by atoms with E-state index in [2.05, 4.69) is 10.6 Å². The predicted molar refractivity (Wildman–Crippen MR) is 67.7 cm³/mol. The monoisotopic (exact) mass is 250 g/mol. The van der Waals surface area contributed by atoms with Crippen LogP contribution < -0.4 is 10.6 Å². The van der Waals surface area contributed by atoms with E-state index in [1.165, 1.54) is 24.6 Å². The standard InChI is InChI=1S/C13H18N2O3/c16-10-3-4-12(17)11(8-10)13(18)15-7-5-9-2-1-6-14-9/h3-4,8-9,14,16-17H,1-2,5-7H2,(H,15,18)/t9-/m0/s1. The van der Waals surface area contributed by atoms with Crippen molar-refractivity contribution in [1.82, 2.24) is 10.6 Å². The number of hydrogen-bond donors (Lipinski definition) is 4. The van der Waals surface area contributed by atoms with Crippen LogP contribution in [0.15, 0.2) is 18.2 Å². The van der Waals surface area contributed by atoms with E-state index in [0.29, 0.717) is 12.6 Å². The van der Waals surface area contributed by atoms with Gasteiger partial charge in [-0.1, -0.05) is 0 Å². The zero-order valence-electron chi connectivity index (χ0n) is 10.1. The molecule has 1 heterocycles. The van der Waals surface area contributed by atoms with Gasteiger partial charge in [-0.2, -0.15) is 0 Å². The van der Waals surface area contributed by atoms with Gasteiger partial charge in [0.2, 0.25) is 0 Å². The van der Waals surface area contributed by atoms with Gasteiger partial charge in [0.25, 0.3) is 5.91 Å². The van der Waals surface area contributed by atoms with Gasteiger partial charge < -0.3 is 20.8 Å². The second-order valence-electron chi connectivity index (χ2n) is 4.54. The van der Waals surface area contributed by atoms with Crippen molar-refractivity contribution in [3.05, 3.63) is 23.8 Å². The van der Waals surface area contributed by atoms with E-state index in [-0.39, 0.29) is 23.0 Å². The van der Waals surface area contributed by atoms with Crippen molar-refractivity contribution >= 4 is 5.91 Å². The molecule has 0 aliphatic carbocycles. The Morgan fingerprint density at radius 3 is 3.00 bits per heavy atom. The van der Waals surface area contributed by atoms with E-state index >= 15 is 0 Å². The van der Waals surface area contributed by atoms with Gasteiger partial charge in [0, 0.05) is 12.6 Å². The van der Waals surface area contributed by atoms with Crippen LogP contribution in [0.1, 0.15) is 29.6 Å². The highest BCUT2D eigenvalue weighted by Crippen LogP contribution is 2.21. The summed E-state index contributed by atoms with van der Waals surface area (Å²) in [5, 5.41) is 24.9. The van der Waals surface area contributed by atoms with Crippen molar-refractivity contribution in [3.63, 3.8) is 0 Å². The topological polar surface area (TPSA) is 81.6 Å². The van der Waals surface area contributed by atoms with E-state index in [4.69, 9.17) is 0 Å². The molecule has 18 heavy (non-hydrogen) atoms. The minimum absolute atomic E-state index is 0.0320. The average molecular weight is 250 g/mol. The average Bonchev–Trinajstić information content (AvgIpc) is 2.85. The molecule has 0 unspecified atom stereocenters. The van der Waals surface area contributed by atoms with Crippen LogP contribution in [0.4, 0.5) is 0 Å². The number of carbonyl (C=O) groups excluding carboxylic acids is 1. The Morgan fingerprint density at radius 2 is 2.28 bits per heavy atom. The van der Waals surface area contributed by atoms with Crippen LogP contribution in [0.25, 0.3) is 0 Å². The molecule has 4 N–H and O–H groups in total. The maximum atomic E-state index is 11.8. The molecule has 98 valence electrons. The number of benzene rings is 1. The number of hydrogen-bond acceptors (Lipinski definition) is 4. The Bertz CT molecular complexity index is 428. The molecule has 1 saturated heterocycles. The minimum atomic E-state index is -0.360. The van der Waals surface area contributed by atoms with Crippen LogP contribution in [0.5, 0.6) is 11.5 Å². The Morgan fingerprint density at radius 1 is 1.44 bits per heavy atom. The third kappa shape index (κ3) is 3.13. The summed E-state index contributed by atoms with van der Waals surface area (Å²) >= 11 is 0. The Hall–Kier alpha value is -1.75. The third-order valence-corrected chi connectivity index (χ3v) is 3.17. The third-order valence-electron chi connectivity index (χ3n) is 3.17. The van der Waals surface area contributed by atoms with Gasteiger partial charge in [-0.05, 0) is 44.0 Å². The molecule has 1 amide bonds. The first-order valence-corrected chi connectivity index (χ1v) is 6.20. The van der Waals surface area contributed by atoms with Crippen LogP contribution >= 0.6 is 0 Å². The lowest BCUT2D eigenvalue weighted by molar-refractivity contribution is 0.0949. The second kappa shape index (κ2) is 5.73. The van der Waals surface area contributed by atoms with Crippen LogP contribution in [-0.4, -0.2) is 35.3 Å². The lowest BCUT2D eigenvalue weighted by Gasteiger charge is -2.11. The molecule has 0 radical (unpaired) electrons. The molecule has 1 aromatic carbocycles. The molecule has 1 atom stereocenters. The Labute approximate surface area is 106 Å². The SMILES string of the molecule is O=C(NCC[C@@H]1CCCN1)c1cc(O)ccc1O. The van der Waals surface area contributed by atoms with Crippen molar-refractivity contribution in [2.45, 2.75) is 25.3 Å². The number of rotatable bonds is 4. The highest BCUT2D eigenvalue weighted by molar-refractivity contribution is 5.97. The highest BCUT2D eigenvalue weighted by atomic mass is 16.3. The fourth-order valence-corrected chi connectivity index (χ4v) is 2.16. The smallest absolute Gasteiger partial charge is 0.255 e. The zero-order valence-corrected chi connectivity index (χ0v) is 10.1.